The zero-order valence-corrected chi connectivity index (χ0v) is 19.9. The maximum Gasteiger partial charge on any atom is 0.228 e. The fraction of sp³-hybridized carbons (Fsp3) is 0.615. The molecule has 5 rings (SSSR count). The van der Waals surface area contributed by atoms with Crippen LogP contribution < -0.4 is 4.74 Å². The van der Waals surface area contributed by atoms with Gasteiger partial charge in [0.2, 0.25) is 11.8 Å². The summed E-state index contributed by atoms with van der Waals surface area (Å²) in [5.74, 6) is 2.90. The van der Waals surface area contributed by atoms with Gasteiger partial charge in [0.05, 0.1) is 25.0 Å². The molecule has 0 N–H and O–H groups in total. The average molecular weight is 466 g/mol. The minimum absolute atomic E-state index is 0.0113. The van der Waals surface area contributed by atoms with E-state index in [1.54, 1.807) is 0 Å². The maximum absolute atomic E-state index is 13.6. The van der Waals surface area contributed by atoms with Crippen LogP contribution in [0, 0.1) is 5.92 Å². The minimum Gasteiger partial charge on any atom is -0.493 e. The van der Waals surface area contributed by atoms with E-state index in [0.717, 1.165) is 82.0 Å². The van der Waals surface area contributed by atoms with E-state index in [9.17, 15) is 9.59 Å². The number of amides is 2. The molecular weight excluding hydrogens is 430 g/mol. The zero-order chi connectivity index (χ0) is 23.3. The third-order valence-electron chi connectivity index (χ3n) is 7.42. The van der Waals surface area contributed by atoms with Crippen molar-refractivity contribution in [3.63, 3.8) is 0 Å². The van der Waals surface area contributed by atoms with Crippen LogP contribution in [0.15, 0.2) is 30.3 Å². The molecule has 34 heavy (non-hydrogen) atoms. The van der Waals surface area contributed by atoms with Gasteiger partial charge in [-0.15, -0.1) is 10.2 Å². The molecule has 0 radical (unpaired) electrons. The first-order valence-electron chi connectivity index (χ1n) is 12.9. The Morgan fingerprint density at radius 3 is 2.68 bits per heavy atom. The van der Waals surface area contributed by atoms with Crippen molar-refractivity contribution in [3.05, 3.63) is 42.0 Å². The van der Waals surface area contributed by atoms with Crippen molar-refractivity contribution in [1.29, 1.82) is 0 Å². The molecule has 2 aromatic rings. The first-order valence-corrected chi connectivity index (χ1v) is 12.9. The number of carbonyl (C=O) groups excluding carboxylic acids is 2. The van der Waals surface area contributed by atoms with Crippen LogP contribution in [0.4, 0.5) is 0 Å². The summed E-state index contributed by atoms with van der Waals surface area (Å²) in [6, 6.07) is 9.56. The number of piperidine rings is 1. The number of aryl methyl sites for hydroxylation is 1. The molecule has 2 fully saturated rings. The van der Waals surface area contributed by atoms with Crippen molar-refractivity contribution in [2.24, 2.45) is 5.92 Å². The Balaban J connectivity index is 1.19. The number of nitrogens with zero attached hydrogens (tertiary/aromatic N) is 5. The number of hydrogen-bond donors (Lipinski definition) is 0. The molecule has 8 nitrogen and oxygen atoms in total. The summed E-state index contributed by atoms with van der Waals surface area (Å²) in [6.07, 6.45) is 8.46. The van der Waals surface area contributed by atoms with Crippen LogP contribution >= 0.6 is 0 Å². The molecule has 2 amide bonds. The van der Waals surface area contributed by atoms with Crippen molar-refractivity contribution < 1.29 is 14.3 Å². The number of carbonyl (C=O) groups is 2. The molecule has 0 bridgehead atoms. The summed E-state index contributed by atoms with van der Waals surface area (Å²) < 4.78 is 7.97. The Bertz CT molecular complexity index is 992. The van der Waals surface area contributed by atoms with E-state index in [-0.39, 0.29) is 23.8 Å². The second-order valence-corrected chi connectivity index (χ2v) is 9.72. The van der Waals surface area contributed by atoms with E-state index in [1.807, 2.05) is 40.1 Å². The number of aromatic nitrogens is 3. The molecule has 2 atom stereocenters. The standard InChI is InChI=1S/C26H35N5O3/c32-24(14-18-34-21-10-3-1-4-11-21)29-15-7-9-20(19-29)26(33)30-17-8-12-22(30)25-28-27-23-13-5-2-6-16-31(23)25/h1,3-4,10-11,20,22H,2,5-9,12-19H2. The molecule has 3 aliphatic rings. The van der Waals surface area contributed by atoms with Gasteiger partial charge in [-0.05, 0) is 50.7 Å². The number of para-hydroxylation sites is 1. The quantitative estimate of drug-likeness (QED) is 0.653. The first kappa shape index (κ1) is 22.9. The number of ether oxygens (including phenoxy) is 1. The van der Waals surface area contributed by atoms with Gasteiger partial charge in [0, 0.05) is 32.6 Å². The lowest BCUT2D eigenvalue weighted by molar-refractivity contribution is -0.141. The Kier molecular flexibility index (Phi) is 7.11. The largest absolute Gasteiger partial charge is 0.493 e. The van der Waals surface area contributed by atoms with Crippen LogP contribution in [0.1, 0.15) is 69.1 Å². The molecule has 0 aliphatic carbocycles. The van der Waals surface area contributed by atoms with Gasteiger partial charge in [-0.2, -0.15) is 0 Å². The number of hydrogen-bond acceptors (Lipinski definition) is 5. The highest BCUT2D eigenvalue weighted by Crippen LogP contribution is 2.34. The lowest BCUT2D eigenvalue weighted by Gasteiger charge is -2.35. The van der Waals surface area contributed by atoms with Gasteiger partial charge in [-0.1, -0.05) is 24.6 Å². The Labute approximate surface area is 201 Å². The maximum atomic E-state index is 13.6. The molecule has 1 aromatic heterocycles. The molecule has 4 heterocycles. The van der Waals surface area contributed by atoms with Gasteiger partial charge in [0.15, 0.2) is 5.82 Å². The van der Waals surface area contributed by atoms with Crippen LogP contribution in [0.3, 0.4) is 0 Å². The molecule has 0 spiro atoms. The third kappa shape index (κ3) is 4.95. The van der Waals surface area contributed by atoms with Crippen LogP contribution in [0.25, 0.3) is 0 Å². The molecule has 2 saturated heterocycles. The first-order chi connectivity index (χ1) is 16.7. The van der Waals surface area contributed by atoms with Crippen LogP contribution in [0.2, 0.25) is 0 Å². The fourth-order valence-corrected chi connectivity index (χ4v) is 5.62. The summed E-state index contributed by atoms with van der Waals surface area (Å²) in [7, 11) is 0. The van der Waals surface area contributed by atoms with Gasteiger partial charge < -0.3 is 19.1 Å². The summed E-state index contributed by atoms with van der Waals surface area (Å²) >= 11 is 0. The average Bonchev–Trinajstić information content (AvgIpc) is 3.45. The minimum atomic E-state index is -0.139. The molecular formula is C26H35N5O3. The second-order valence-electron chi connectivity index (χ2n) is 9.72. The lowest BCUT2D eigenvalue weighted by Crippen LogP contribution is -2.47. The highest BCUT2D eigenvalue weighted by Gasteiger charge is 2.39. The monoisotopic (exact) mass is 465 g/mol. The smallest absolute Gasteiger partial charge is 0.228 e. The SMILES string of the molecule is O=C(CCOc1ccccc1)N1CCCC(C(=O)N2CCCC2c2nnc3n2CCCCC3)C1. The van der Waals surface area contributed by atoms with Crippen molar-refractivity contribution in [2.75, 3.05) is 26.2 Å². The fourth-order valence-electron chi connectivity index (χ4n) is 5.62. The van der Waals surface area contributed by atoms with E-state index >= 15 is 0 Å². The van der Waals surface area contributed by atoms with Crippen molar-refractivity contribution >= 4 is 11.8 Å². The molecule has 1 aromatic carbocycles. The Hall–Kier alpha value is -2.90. The molecule has 182 valence electrons. The zero-order valence-electron chi connectivity index (χ0n) is 19.9. The molecule has 2 unspecified atom stereocenters. The summed E-state index contributed by atoms with van der Waals surface area (Å²) in [5, 5.41) is 9.01. The number of benzene rings is 1. The van der Waals surface area contributed by atoms with Gasteiger partial charge in [0.1, 0.15) is 11.6 Å². The lowest BCUT2D eigenvalue weighted by atomic mass is 9.95. The third-order valence-corrected chi connectivity index (χ3v) is 7.42. The second kappa shape index (κ2) is 10.6. The topological polar surface area (TPSA) is 80.6 Å². The van der Waals surface area contributed by atoms with Gasteiger partial charge >= 0.3 is 0 Å². The van der Waals surface area contributed by atoms with Gasteiger partial charge in [-0.3, -0.25) is 9.59 Å². The van der Waals surface area contributed by atoms with E-state index < -0.39 is 0 Å². The van der Waals surface area contributed by atoms with Crippen molar-refractivity contribution in [1.82, 2.24) is 24.6 Å². The molecule has 8 heteroatoms. The number of rotatable bonds is 6. The van der Waals surface area contributed by atoms with Crippen molar-refractivity contribution in [3.8, 4) is 5.75 Å². The molecule has 3 aliphatic heterocycles. The predicted molar refractivity (Wildman–Crippen MR) is 127 cm³/mol. The summed E-state index contributed by atoms with van der Waals surface area (Å²) in [5.41, 5.74) is 0. The normalized spacial score (nSPS) is 22.8. The van der Waals surface area contributed by atoms with Gasteiger partial charge in [0.25, 0.3) is 0 Å². The number of fused-ring (bicyclic) bond motifs is 1. The highest BCUT2D eigenvalue weighted by atomic mass is 16.5. The molecule has 0 saturated carbocycles. The highest BCUT2D eigenvalue weighted by molar-refractivity contribution is 5.82. The van der Waals surface area contributed by atoms with E-state index in [0.29, 0.717) is 19.6 Å². The van der Waals surface area contributed by atoms with Crippen LogP contribution in [-0.4, -0.2) is 62.6 Å². The predicted octanol–water partition coefficient (Wildman–Crippen LogP) is 3.38. The van der Waals surface area contributed by atoms with Gasteiger partial charge in [-0.25, -0.2) is 0 Å². The Morgan fingerprint density at radius 2 is 1.79 bits per heavy atom. The van der Waals surface area contributed by atoms with E-state index in [4.69, 9.17) is 4.74 Å². The number of likely N-dealkylation sites (tertiary alicyclic amines) is 2. The van der Waals surface area contributed by atoms with Crippen molar-refractivity contribution in [2.45, 2.75) is 70.4 Å². The van der Waals surface area contributed by atoms with E-state index in [1.165, 1.54) is 6.42 Å². The van der Waals surface area contributed by atoms with Crippen LogP contribution in [-0.2, 0) is 22.6 Å². The Morgan fingerprint density at radius 1 is 0.941 bits per heavy atom. The van der Waals surface area contributed by atoms with Crippen LogP contribution in [0.5, 0.6) is 5.75 Å². The summed E-state index contributed by atoms with van der Waals surface area (Å²) in [6.45, 7) is 3.29. The van der Waals surface area contributed by atoms with E-state index in [2.05, 4.69) is 14.8 Å². The summed E-state index contributed by atoms with van der Waals surface area (Å²) in [4.78, 5) is 30.3.